The van der Waals surface area contributed by atoms with Crippen molar-refractivity contribution in [2.24, 2.45) is 0 Å². The van der Waals surface area contributed by atoms with Crippen LogP contribution in [0, 0.1) is 0 Å². The van der Waals surface area contributed by atoms with Crippen LogP contribution in [-0.4, -0.2) is 17.5 Å². The summed E-state index contributed by atoms with van der Waals surface area (Å²) >= 11 is 9.78. The summed E-state index contributed by atoms with van der Waals surface area (Å²) in [7, 11) is 0. The topological polar surface area (TPSA) is 26.3 Å². The normalized spacial score (nSPS) is 15.1. The molecule has 1 aliphatic heterocycles. The van der Waals surface area contributed by atoms with Crippen LogP contribution in [-0.2, 0) is 0 Å². The maximum absolute atomic E-state index is 12.0. The first kappa shape index (κ1) is 14.8. The summed E-state index contributed by atoms with van der Waals surface area (Å²) < 4.78 is 5.86. The lowest BCUT2D eigenvalue weighted by Gasteiger charge is -2.09. The zero-order chi connectivity index (χ0) is 14.7. The summed E-state index contributed by atoms with van der Waals surface area (Å²) in [5, 5.41) is 0.523. The van der Waals surface area contributed by atoms with E-state index < -0.39 is 5.97 Å². The molecule has 0 saturated carbocycles. The van der Waals surface area contributed by atoms with Crippen molar-refractivity contribution >= 4 is 41.1 Å². The number of rotatable bonds is 3. The van der Waals surface area contributed by atoms with Crippen LogP contribution in [0.15, 0.2) is 48.5 Å². The first-order valence-corrected chi connectivity index (χ1v) is 9.01. The van der Waals surface area contributed by atoms with Gasteiger partial charge in [0.15, 0.2) is 0 Å². The van der Waals surface area contributed by atoms with E-state index in [0.29, 0.717) is 20.9 Å². The molecule has 3 rings (SSSR count). The Morgan fingerprint density at radius 3 is 2.48 bits per heavy atom. The molecule has 1 fully saturated rings. The lowest BCUT2D eigenvalue weighted by molar-refractivity contribution is 0.0734. The SMILES string of the molecule is O=C(Oc1ccc(C2SCCS2)cc1)c1cccc(Cl)c1. The minimum absolute atomic E-state index is 0.394. The van der Waals surface area contributed by atoms with E-state index in [4.69, 9.17) is 16.3 Å². The predicted octanol–water partition coefficient (Wildman–Crippen LogP) is 5.04. The van der Waals surface area contributed by atoms with E-state index in [1.807, 2.05) is 47.8 Å². The molecule has 0 aromatic heterocycles. The average molecular weight is 337 g/mol. The van der Waals surface area contributed by atoms with Gasteiger partial charge >= 0.3 is 5.97 Å². The molecule has 0 spiro atoms. The Morgan fingerprint density at radius 2 is 1.81 bits per heavy atom. The number of carbonyl (C=O) groups excluding carboxylic acids is 1. The second kappa shape index (κ2) is 6.77. The van der Waals surface area contributed by atoms with Crippen molar-refractivity contribution < 1.29 is 9.53 Å². The molecule has 0 atom stereocenters. The minimum atomic E-state index is -0.394. The fourth-order valence-corrected chi connectivity index (χ4v) is 5.07. The molecule has 21 heavy (non-hydrogen) atoms. The van der Waals surface area contributed by atoms with Gasteiger partial charge in [-0.25, -0.2) is 4.79 Å². The Labute approximate surface area is 137 Å². The molecule has 0 unspecified atom stereocenters. The third-order valence-corrected chi connectivity index (χ3v) is 6.38. The van der Waals surface area contributed by atoms with E-state index >= 15 is 0 Å². The van der Waals surface area contributed by atoms with Gasteiger partial charge in [0.25, 0.3) is 0 Å². The van der Waals surface area contributed by atoms with Gasteiger partial charge in [0, 0.05) is 16.5 Å². The summed E-state index contributed by atoms with van der Waals surface area (Å²) in [4.78, 5) is 12.0. The van der Waals surface area contributed by atoms with E-state index in [1.165, 1.54) is 17.1 Å². The Morgan fingerprint density at radius 1 is 1.10 bits per heavy atom. The Kier molecular flexibility index (Phi) is 4.78. The van der Waals surface area contributed by atoms with Gasteiger partial charge in [-0.2, -0.15) is 0 Å². The molecule has 1 saturated heterocycles. The molecule has 2 nitrogen and oxygen atoms in total. The van der Waals surface area contributed by atoms with Gasteiger partial charge in [-0.3, -0.25) is 0 Å². The smallest absolute Gasteiger partial charge is 0.343 e. The molecular weight excluding hydrogens is 324 g/mol. The number of carbonyl (C=O) groups is 1. The summed E-state index contributed by atoms with van der Waals surface area (Å²) in [5.74, 6) is 2.55. The van der Waals surface area contributed by atoms with Crippen LogP contribution < -0.4 is 4.74 Å². The van der Waals surface area contributed by atoms with Crippen molar-refractivity contribution in [3.63, 3.8) is 0 Å². The van der Waals surface area contributed by atoms with E-state index in [2.05, 4.69) is 0 Å². The summed E-state index contributed by atoms with van der Waals surface area (Å²) in [5.41, 5.74) is 1.72. The highest BCUT2D eigenvalue weighted by molar-refractivity contribution is 8.19. The average Bonchev–Trinajstić information content (AvgIpc) is 3.02. The van der Waals surface area contributed by atoms with Crippen LogP contribution in [0.25, 0.3) is 0 Å². The number of esters is 1. The maximum Gasteiger partial charge on any atom is 0.343 e. The van der Waals surface area contributed by atoms with E-state index in [1.54, 1.807) is 24.3 Å². The third-order valence-electron chi connectivity index (χ3n) is 3.04. The fraction of sp³-hybridized carbons (Fsp3) is 0.188. The molecule has 2 aromatic carbocycles. The third kappa shape index (κ3) is 3.76. The number of ether oxygens (including phenoxy) is 1. The molecule has 2 aromatic rings. The largest absolute Gasteiger partial charge is 0.423 e. The fourth-order valence-electron chi connectivity index (χ4n) is 2.03. The summed E-state index contributed by atoms with van der Waals surface area (Å²) in [6.45, 7) is 0. The van der Waals surface area contributed by atoms with Crippen LogP contribution in [0.5, 0.6) is 5.75 Å². The number of hydrogen-bond acceptors (Lipinski definition) is 4. The van der Waals surface area contributed by atoms with Gasteiger partial charge in [0.1, 0.15) is 5.75 Å². The quantitative estimate of drug-likeness (QED) is 0.579. The van der Waals surface area contributed by atoms with Crippen molar-refractivity contribution in [2.75, 3.05) is 11.5 Å². The Bertz CT molecular complexity index is 637. The molecule has 0 N–H and O–H groups in total. The van der Waals surface area contributed by atoms with Crippen LogP contribution in [0.2, 0.25) is 5.02 Å². The van der Waals surface area contributed by atoms with Gasteiger partial charge < -0.3 is 4.74 Å². The second-order valence-electron chi connectivity index (χ2n) is 4.54. The summed E-state index contributed by atoms with van der Waals surface area (Å²) in [6.07, 6.45) is 0. The maximum atomic E-state index is 12.0. The zero-order valence-electron chi connectivity index (χ0n) is 11.1. The molecule has 1 heterocycles. The minimum Gasteiger partial charge on any atom is -0.423 e. The summed E-state index contributed by atoms with van der Waals surface area (Å²) in [6, 6.07) is 14.5. The molecule has 108 valence electrons. The van der Waals surface area contributed by atoms with Gasteiger partial charge in [0.2, 0.25) is 0 Å². The lowest BCUT2D eigenvalue weighted by atomic mass is 10.2. The van der Waals surface area contributed by atoms with Crippen molar-refractivity contribution in [1.29, 1.82) is 0 Å². The first-order valence-electron chi connectivity index (χ1n) is 6.53. The van der Waals surface area contributed by atoms with E-state index in [9.17, 15) is 4.79 Å². The van der Waals surface area contributed by atoms with Crippen molar-refractivity contribution in [1.82, 2.24) is 0 Å². The van der Waals surface area contributed by atoms with Crippen LogP contribution in [0.4, 0.5) is 0 Å². The predicted molar refractivity (Wildman–Crippen MR) is 90.5 cm³/mol. The molecule has 0 radical (unpaired) electrons. The van der Waals surface area contributed by atoms with Crippen molar-refractivity contribution in [2.45, 2.75) is 4.58 Å². The molecule has 0 aliphatic carbocycles. The lowest BCUT2D eigenvalue weighted by Crippen LogP contribution is -2.08. The highest BCUT2D eigenvalue weighted by Gasteiger charge is 2.18. The van der Waals surface area contributed by atoms with Crippen LogP contribution in [0.1, 0.15) is 20.5 Å². The monoisotopic (exact) mass is 336 g/mol. The molecule has 1 aliphatic rings. The number of benzene rings is 2. The first-order chi connectivity index (χ1) is 10.2. The Balaban J connectivity index is 1.68. The molecule has 0 amide bonds. The Hall–Kier alpha value is -1.10. The molecule has 0 bridgehead atoms. The highest BCUT2D eigenvalue weighted by Crippen LogP contribution is 2.45. The van der Waals surface area contributed by atoms with Crippen LogP contribution >= 0.6 is 35.1 Å². The highest BCUT2D eigenvalue weighted by atomic mass is 35.5. The molecule has 5 heteroatoms. The van der Waals surface area contributed by atoms with Crippen LogP contribution in [0.3, 0.4) is 0 Å². The number of hydrogen-bond donors (Lipinski definition) is 0. The van der Waals surface area contributed by atoms with Gasteiger partial charge in [0.05, 0.1) is 10.1 Å². The van der Waals surface area contributed by atoms with Crippen molar-refractivity contribution in [3.05, 3.63) is 64.7 Å². The zero-order valence-corrected chi connectivity index (χ0v) is 13.5. The van der Waals surface area contributed by atoms with E-state index in [0.717, 1.165) is 0 Å². The van der Waals surface area contributed by atoms with E-state index in [-0.39, 0.29) is 0 Å². The standard InChI is InChI=1S/C16H13ClO2S2/c17-13-3-1-2-12(10-13)15(18)19-14-6-4-11(5-7-14)16-20-8-9-21-16/h1-7,10,16H,8-9H2. The molecular formula is C16H13ClO2S2. The van der Waals surface area contributed by atoms with Crippen molar-refractivity contribution in [3.8, 4) is 5.75 Å². The van der Waals surface area contributed by atoms with Gasteiger partial charge in [-0.1, -0.05) is 29.8 Å². The second-order valence-corrected chi connectivity index (χ2v) is 7.70. The van der Waals surface area contributed by atoms with Gasteiger partial charge in [-0.05, 0) is 35.9 Å². The van der Waals surface area contributed by atoms with Gasteiger partial charge in [-0.15, -0.1) is 23.5 Å². The number of thioether (sulfide) groups is 2. The number of halogens is 1.